The van der Waals surface area contributed by atoms with Crippen LogP contribution < -0.4 is 19.2 Å². The molecule has 2 rings (SSSR count). The average molecular weight is 302 g/mol. The van der Waals surface area contributed by atoms with Crippen molar-refractivity contribution in [1.82, 2.24) is 0 Å². The van der Waals surface area contributed by atoms with E-state index in [0.717, 1.165) is 0 Å². The highest BCUT2D eigenvalue weighted by atomic mass is 17.2. The Labute approximate surface area is 127 Å². The SMILES string of the molecule is COc1cc(C=O)ccc1OOc1ccc(C=O)cc1OC. The number of carbonyl (C=O) groups is 2. The van der Waals surface area contributed by atoms with E-state index >= 15 is 0 Å². The normalized spacial score (nSPS) is 9.73. The highest BCUT2D eigenvalue weighted by Crippen LogP contribution is 2.31. The van der Waals surface area contributed by atoms with Gasteiger partial charge in [0, 0.05) is 11.1 Å². The van der Waals surface area contributed by atoms with Crippen LogP contribution in [0.25, 0.3) is 0 Å². The smallest absolute Gasteiger partial charge is 0.220 e. The maximum Gasteiger partial charge on any atom is 0.220 e. The number of benzene rings is 2. The van der Waals surface area contributed by atoms with E-state index in [0.29, 0.717) is 46.7 Å². The Morgan fingerprint density at radius 1 is 0.682 bits per heavy atom. The van der Waals surface area contributed by atoms with Gasteiger partial charge in [0.25, 0.3) is 0 Å². The molecule has 0 heterocycles. The van der Waals surface area contributed by atoms with Crippen LogP contribution in [0.2, 0.25) is 0 Å². The lowest BCUT2D eigenvalue weighted by molar-refractivity contribution is -0.103. The van der Waals surface area contributed by atoms with Crippen molar-refractivity contribution in [1.29, 1.82) is 0 Å². The second-order valence-electron chi connectivity index (χ2n) is 4.22. The van der Waals surface area contributed by atoms with Crippen LogP contribution in [0.3, 0.4) is 0 Å². The van der Waals surface area contributed by atoms with Gasteiger partial charge in [-0.25, -0.2) is 0 Å². The van der Waals surface area contributed by atoms with Gasteiger partial charge in [-0.05, 0) is 36.4 Å². The number of ether oxygens (including phenoxy) is 2. The molecule has 0 aromatic heterocycles. The van der Waals surface area contributed by atoms with Gasteiger partial charge in [-0.1, -0.05) is 0 Å². The molecule has 114 valence electrons. The molecule has 0 aliphatic rings. The van der Waals surface area contributed by atoms with E-state index in [2.05, 4.69) is 0 Å². The summed E-state index contributed by atoms with van der Waals surface area (Å²) < 4.78 is 10.3. The first-order valence-corrected chi connectivity index (χ1v) is 6.32. The Hall–Kier alpha value is -3.02. The molecule has 6 heteroatoms. The molecule has 2 aromatic carbocycles. The molecule has 22 heavy (non-hydrogen) atoms. The third-order valence-corrected chi connectivity index (χ3v) is 2.87. The summed E-state index contributed by atoms with van der Waals surface area (Å²) in [5, 5.41) is 0. The Kier molecular flexibility index (Phi) is 4.98. The molecule has 0 saturated carbocycles. The van der Waals surface area contributed by atoms with Crippen LogP contribution in [0.15, 0.2) is 36.4 Å². The van der Waals surface area contributed by atoms with Crippen LogP contribution in [0, 0.1) is 0 Å². The Bertz CT molecular complexity index is 621. The summed E-state index contributed by atoms with van der Waals surface area (Å²) in [6.45, 7) is 0. The molecule has 0 aliphatic carbocycles. The van der Waals surface area contributed by atoms with Gasteiger partial charge in [0.1, 0.15) is 12.6 Å². The average Bonchev–Trinajstić information content (AvgIpc) is 2.59. The lowest BCUT2D eigenvalue weighted by Gasteiger charge is -2.12. The quantitative estimate of drug-likeness (QED) is 0.445. The molecule has 6 nitrogen and oxygen atoms in total. The standard InChI is InChI=1S/C16H14O6/c1-19-15-7-11(9-17)3-5-13(15)21-22-14-6-4-12(10-18)8-16(14)20-2/h3-10H,1-2H3. The van der Waals surface area contributed by atoms with E-state index in [1.165, 1.54) is 26.4 Å². The van der Waals surface area contributed by atoms with Gasteiger partial charge >= 0.3 is 0 Å². The summed E-state index contributed by atoms with van der Waals surface area (Å²) >= 11 is 0. The van der Waals surface area contributed by atoms with E-state index < -0.39 is 0 Å². The molecule has 0 aliphatic heterocycles. The molecule has 0 atom stereocenters. The molecule has 0 bridgehead atoms. The summed E-state index contributed by atoms with van der Waals surface area (Å²) in [6, 6.07) is 9.29. The van der Waals surface area contributed by atoms with Gasteiger partial charge in [0.15, 0.2) is 11.5 Å². The molecule has 0 fully saturated rings. The largest absolute Gasteiger partial charge is 0.493 e. The van der Waals surface area contributed by atoms with Crippen molar-refractivity contribution in [3.63, 3.8) is 0 Å². The third-order valence-electron chi connectivity index (χ3n) is 2.87. The first kappa shape index (κ1) is 15.4. The second-order valence-corrected chi connectivity index (χ2v) is 4.22. The van der Waals surface area contributed by atoms with E-state index in [9.17, 15) is 9.59 Å². The van der Waals surface area contributed by atoms with E-state index in [1.54, 1.807) is 24.3 Å². The fourth-order valence-corrected chi connectivity index (χ4v) is 1.74. The lowest BCUT2D eigenvalue weighted by atomic mass is 10.2. The minimum atomic E-state index is 0.301. The Morgan fingerprint density at radius 2 is 1.09 bits per heavy atom. The Morgan fingerprint density at radius 3 is 1.41 bits per heavy atom. The zero-order valence-electron chi connectivity index (χ0n) is 12.1. The molecular formula is C16H14O6. The fourth-order valence-electron chi connectivity index (χ4n) is 1.74. The number of rotatable bonds is 7. The van der Waals surface area contributed by atoms with Crippen LogP contribution in [-0.4, -0.2) is 26.8 Å². The fraction of sp³-hybridized carbons (Fsp3) is 0.125. The van der Waals surface area contributed by atoms with Gasteiger partial charge in [0.05, 0.1) is 14.2 Å². The van der Waals surface area contributed by atoms with Gasteiger partial charge in [-0.15, -0.1) is 0 Å². The van der Waals surface area contributed by atoms with Gasteiger partial charge < -0.3 is 9.47 Å². The van der Waals surface area contributed by atoms with Gasteiger partial charge in [0.2, 0.25) is 11.5 Å². The van der Waals surface area contributed by atoms with Crippen LogP contribution in [-0.2, 0) is 0 Å². The molecule has 0 radical (unpaired) electrons. The molecular weight excluding hydrogens is 288 g/mol. The van der Waals surface area contributed by atoms with Crippen molar-refractivity contribution in [2.45, 2.75) is 0 Å². The first-order chi connectivity index (χ1) is 10.7. The number of carbonyl (C=O) groups excluding carboxylic acids is 2. The van der Waals surface area contributed by atoms with Crippen molar-refractivity contribution < 1.29 is 28.8 Å². The van der Waals surface area contributed by atoms with Crippen molar-refractivity contribution in [3.05, 3.63) is 47.5 Å². The number of methoxy groups -OCH3 is 2. The summed E-state index contributed by atoms with van der Waals surface area (Å²) in [5.74, 6) is 1.31. The molecule has 0 unspecified atom stereocenters. The minimum absolute atomic E-state index is 0.301. The molecule has 2 aromatic rings. The molecule has 0 amide bonds. The van der Waals surface area contributed by atoms with Crippen molar-refractivity contribution in [2.24, 2.45) is 0 Å². The van der Waals surface area contributed by atoms with Crippen LogP contribution in [0.1, 0.15) is 20.7 Å². The molecule has 0 spiro atoms. The monoisotopic (exact) mass is 302 g/mol. The van der Waals surface area contributed by atoms with Crippen molar-refractivity contribution in [2.75, 3.05) is 14.2 Å². The van der Waals surface area contributed by atoms with Gasteiger partial charge in [-0.2, -0.15) is 0 Å². The third kappa shape index (κ3) is 3.35. The van der Waals surface area contributed by atoms with Crippen LogP contribution >= 0.6 is 0 Å². The highest BCUT2D eigenvalue weighted by Gasteiger charge is 2.11. The predicted octanol–water partition coefficient (Wildman–Crippen LogP) is 2.70. The topological polar surface area (TPSA) is 71.1 Å². The maximum atomic E-state index is 10.7. The zero-order chi connectivity index (χ0) is 15.9. The zero-order valence-corrected chi connectivity index (χ0v) is 12.1. The second kappa shape index (κ2) is 7.12. The van der Waals surface area contributed by atoms with E-state index in [-0.39, 0.29) is 0 Å². The van der Waals surface area contributed by atoms with E-state index in [1.807, 2.05) is 0 Å². The number of hydrogen-bond acceptors (Lipinski definition) is 6. The van der Waals surface area contributed by atoms with Crippen LogP contribution in [0.5, 0.6) is 23.0 Å². The first-order valence-electron chi connectivity index (χ1n) is 6.32. The lowest BCUT2D eigenvalue weighted by Crippen LogP contribution is -2.04. The summed E-state index contributed by atoms with van der Waals surface area (Å²) in [7, 11) is 2.91. The summed E-state index contributed by atoms with van der Waals surface area (Å²) in [4.78, 5) is 31.9. The van der Waals surface area contributed by atoms with Crippen LogP contribution in [0.4, 0.5) is 0 Å². The Balaban J connectivity index is 2.19. The van der Waals surface area contributed by atoms with Crippen molar-refractivity contribution >= 4 is 12.6 Å². The number of hydrogen-bond donors (Lipinski definition) is 0. The van der Waals surface area contributed by atoms with Gasteiger partial charge in [-0.3, -0.25) is 19.4 Å². The predicted molar refractivity (Wildman–Crippen MR) is 78.0 cm³/mol. The summed E-state index contributed by atoms with van der Waals surface area (Å²) in [5.41, 5.74) is 0.911. The highest BCUT2D eigenvalue weighted by molar-refractivity contribution is 5.77. The molecule has 0 saturated heterocycles. The van der Waals surface area contributed by atoms with E-state index in [4.69, 9.17) is 19.2 Å². The number of aldehydes is 2. The molecule has 0 N–H and O–H groups in total. The van der Waals surface area contributed by atoms with Crippen molar-refractivity contribution in [3.8, 4) is 23.0 Å². The maximum absolute atomic E-state index is 10.7. The summed E-state index contributed by atoms with van der Waals surface area (Å²) in [6.07, 6.45) is 1.41. The minimum Gasteiger partial charge on any atom is -0.493 e.